The third kappa shape index (κ3) is 4.84. The normalized spacial score (nSPS) is 14.7. The van der Waals surface area contributed by atoms with Gasteiger partial charge < -0.3 is 9.64 Å². The van der Waals surface area contributed by atoms with Crippen LogP contribution in [0.25, 0.3) is 17.1 Å². The molecular weight excluding hydrogens is 470 g/mol. The fourth-order valence-corrected chi connectivity index (χ4v) is 5.07. The highest BCUT2D eigenvalue weighted by Gasteiger charge is 2.30. The maximum absolute atomic E-state index is 13.6. The molecule has 1 aliphatic heterocycles. The minimum Gasteiger partial charge on any atom is -0.378 e. The number of hydrogen-bond donors (Lipinski definition) is 0. The van der Waals surface area contributed by atoms with Crippen molar-refractivity contribution in [3.05, 3.63) is 89.7 Å². The van der Waals surface area contributed by atoms with Crippen LogP contribution < -0.4 is 0 Å². The van der Waals surface area contributed by atoms with Crippen molar-refractivity contribution < 1.29 is 9.53 Å². The van der Waals surface area contributed by atoms with Crippen LogP contribution in [-0.2, 0) is 9.53 Å². The average Bonchev–Trinajstić information content (AvgIpc) is 3.32. The minimum atomic E-state index is -0.472. The largest absolute Gasteiger partial charge is 0.378 e. The molecule has 1 amide bonds. The van der Waals surface area contributed by atoms with Gasteiger partial charge in [0, 0.05) is 41.8 Å². The van der Waals surface area contributed by atoms with Crippen molar-refractivity contribution in [2.45, 2.75) is 10.4 Å². The first-order valence-corrected chi connectivity index (χ1v) is 12.2. The molecule has 0 N–H and O–H groups in total. The molecule has 0 aliphatic carbocycles. The number of aromatic nitrogens is 4. The summed E-state index contributed by atoms with van der Waals surface area (Å²) in [7, 11) is 0. The monoisotopic (exact) mass is 491 g/mol. The molecule has 1 unspecified atom stereocenters. The van der Waals surface area contributed by atoms with Crippen LogP contribution in [0.5, 0.6) is 0 Å². The van der Waals surface area contributed by atoms with Crippen LogP contribution >= 0.6 is 23.4 Å². The van der Waals surface area contributed by atoms with Crippen molar-refractivity contribution in [3.8, 4) is 17.1 Å². The van der Waals surface area contributed by atoms with Crippen LogP contribution in [0.15, 0.2) is 84.3 Å². The molecule has 34 heavy (non-hydrogen) atoms. The first-order valence-electron chi connectivity index (χ1n) is 10.9. The smallest absolute Gasteiger partial charge is 0.240 e. The summed E-state index contributed by atoms with van der Waals surface area (Å²) in [4.78, 5) is 19.6. The van der Waals surface area contributed by atoms with E-state index >= 15 is 0 Å². The second-order valence-corrected chi connectivity index (χ2v) is 9.21. The van der Waals surface area contributed by atoms with E-state index in [1.807, 2.05) is 76.2 Å². The molecule has 172 valence electrons. The average molecular weight is 492 g/mol. The molecule has 1 aliphatic rings. The highest BCUT2D eigenvalue weighted by Crippen LogP contribution is 2.38. The summed E-state index contributed by atoms with van der Waals surface area (Å²) in [6, 6.07) is 21.1. The number of ether oxygens (including phenoxy) is 1. The summed E-state index contributed by atoms with van der Waals surface area (Å²) in [6.45, 7) is 2.25. The number of pyridine rings is 1. The third-order valence-corrected chi connectivity index (χ3v) is 6.97. The molecule has 5 rings (SSSR count). The van der Waals surface area contributed by atoms with Gasteiger partial charge >= 0.3 is 0 Å². The van der Waals surface area contributed by atoms with Crippen molar-refractivity contribution in [2.24, 2.45) is 0 Å². The lowest BCUT2D eigenvalue weighted by Gasteiger charge is -2.30. The number of nitrogens with zero attached hydrogens (tertiary/aromatic N) is 5. The third-order valence-electron chi connectivity index (χ3n) is 5.53. The zero-order valence-electron chi connectivity index (χ0n) is 18.3. The van der Waals surface area contributed by atoms with Crippen molar-refractivity contribution in [2.75, 3.05) is 26.3 Å². The van der Waals surface area contributed by atoms with Crippen molar-refractivity contribution in [1.29, 1.82) is 0 Å². The molecule has 0 saturated carbocycles. The van der Waals surface area contributed by atoms with E-state index in [4.69, 9.17) is 16.3 Å². The lowest BCUT2D eigenvalue weighted by Crippen LogP contribution is -2.42. The van der Waals surface area contributed by atoms with E-state index in [0.717, 1.165) is 16.8 Å². The molecular formula is C25H22ClN5O2S. The zero-order chi connectivity index (χ0) is 23.3. The molecule has 1 fully saturated rings. The van der Waals surface area contributed by atoms with E-state index in [0.29, 0.717) is 42.3 Å². The highest BCUT2D eigenvalue weighted by atomic mass is 35.5. The molecule has 0 bridgehead atoms. The Balaban J connectivity index is 1.57. The van der Waals surface area contributed by atoms with Crippen molar-refractivity contribution in [3.63, 3.8) is 0 Å². The van der Waals surface area contributed by atoms with Crippen LogP contribution in [-0.4, -0.2) is 56.9 Å². The van der Waals surface area contributed by atoms with Gasteiger partial charge in [-0.25, -0.2) is 0 Å². The van der Waals surface area contributed by atoms with Gasteiger partial charge in [-0.2, -0.15) is 0 Å². The summed E-state index contributed by atoms with van der Waals surface area (Å²) in [5.41, 5.74) is 2.65. The Bertz CT molecular complexity index is 1250. The van der Waals surface area contributed by atoms with Crippen LogP contribution in [0, 0.1) is 0 Å². The highest BCUT2D eigenvalue weighted by molar-refractivity contribution is 8.00. The van der Waals surface area contributed by atoms with E-state index in [1.54, 1.807) is 12.4 Å². The van der Waals surface area contributed by atoms with Gasteiger partial charge in [0.1, 0.15) is 5.25 Å². The second kappa shape index (κ2) is 10.4. The Morgan fingerprint density at radius 3 is 2.35 bits per heavy atom. The predicted molar refractivity (Wildman–Crippen MR) is 132 cm³/mol. The quantitative estimate of drug-likeness (QED) is 0.365. The van der Waals surface area contributed by atoms with Gasteiger partial charge in [-0.05, 0) is 42.0 Å². The Kier molecular flexibility index (Phi) is 6.89. The van der Waals surface area contributed by atoms with E-state index < -0.39 is 5.25 Å². The summed E-state index contributed by atoms with van der Waals surface area (Å²) in [5, 5.41) is 9.78. The van der Waals surface area contributed by atoms with Crippen molar-refractivity contribution >= 4 is 29.3 Å². The van der Waals surface area contributed by atoms with Gasteiger partial charge in [-0.3, -0.25) is 14.3 Å². The molecule has 9 heteroatoms. The number of morpholine rings is 1. The van der Waals surface area contributed by atoms with Crippen LogP contribution in [0.4, 0.5) is 0 Å². The van der Waals surface area contributed by atoms with E-state index in [2.05, 4.69) is 15.2 Å². The molecule has 7 nitrogen and oxygen atoms in total. The van der Waals surface area contributed by atoms with E-state index in [1.165, 1.54) is 11.8 Å². The number of amides is 1. The first-order chi connectivity index (χ1) is 16.7. The maximum Gasteiger partial charge on any atom is 0.240 e. The number of hydrogen-bond acceptors (Lipinski definition) is 6. The van der Waals surface area contributed by atoms with E-state index in [9.17, 15) is 4.79 Å². The van der Waals surface area contributed by atoms with Gasteiger partial charge in [0.05, 0.1) is 13.2 Å². The molecule has 2 aromatic heterocycles. The summed E-state index contributed by atoms with van der Waals surface area (Å²) < 4.78 is 7.41. The minimum absolute atomic E-state index is 0.0376. The Morgan fingerprint density at radius 1 is 0.941 bits per heavy atom. The predicted octanol–water partition coefficient (Wildman–Crippen LogP) is 4.67. The topological polar surface area (TPSA) is 73.1 Å². The number of carbonyl (C=O) groups is 1. The van der Waals surface area contributed by atoms with Gasteiger partial charge in [-0.1, -0.05) is 53.7 Å². The van der Waals surface area contributed by atoms with Crippen molar-refractivity contribution in [1.82, 2.24) is 24.6 Å². The molecule has 1 saturated heterocycles. The SMILES string of the molecule is O=C(C(Sc1nnc(-c2ccncc2)n1-c1ccc(Cl)cc1)c1ccccc1)N1CCOCC1. The molecule has 4 aromatic rings. The van der Waals surface area contributed by atoms with Crippen LogP contribution in [0.2, 0.25) is 5.02 Å². The molecule has 2 aromatic carbocycles. The van der Waals surface area contributed by atoms with Crippen LogP contribution in [0.1, 0.15) is 10.8 Å². The number of halogens is 1. The maximum atomic E-state index is 13.6. The van der Waals surface area contributed by atoms with Gasteiger partial charge in [0.2, 0.25) is 5.91 Å². The number of thioether (sulfide) groups is 1. The Hall–Kier alpha value is -3.20. The van der Waals surface area contributed by atoms with Gasteiger partial charge in [-0.15, -0.1) is 10.2 Å². The summed E-state index contributed by atoms with van der Waals surface area (Å²) in [6.07, 6.45) is 3.44. The number of rotatable bonds is 6. The fraction of sp³-hybridized carbons (Fsp3) is 0.200. The molecule has 0 spiro atoms. The number of benzene rings is 2. The Labute approximate surface area is 206 Å². The lowest BCUT2D eigenvalue weighted by atomic mass is 10.1. The second-order valence-electron chi connectivity index (χ2n) is 7.70. The summed E-state index contributed by atoms with van der Waals surface area (Å²) >= 11 is 7.54. The molecule has 1 atom stereocenters. The van der Waals surface area contributed by atoms with E-state index in [-0.39, 0.29) is 5.91 Å². The van der Waals surface area contributed by atoms with Gasteiger partial charge in [0.15, 0.2) is 11.0 Å². The summed E-state index contributed by atoms with van der Waals surface area (Å²) in [5.74, 6) is 0.702. The first kappa shape index (κ1) is 22.6. The fourth-order valence-electron chi connectivity index (χ4n) is 3.80. The standard InChI is InChI=1S/C25H22ClN5O2S/c26-20-6-8-21(9-7-20)31-23(19-10-12-27-13-11-19)28-29-25(31)34-22(18-4-2-1-3-5-18)24(32)30-14-16-33-17-15-30/h1-13,22H,14-17H2. The lowest BCUT2D eigenvalue weighted by molar-refractivity contribution is -0.134. The van der Waals surface area contributed by atoms with Gasteiger partial charge in [0.25, 0.3) is 0 Å². The van der Waals surface area contributed by atoms with Crippen LogP contribution in [0.3, 0.4) is 0 Å². The zero-order valence-corrected chi connectivity index (χ0v) is 19.8. The number of carbonyl (C=O) groups excluding carboxylic acids is 1. The molecule has 3 heterocycles. The molecule has 0 radical (unpaired) electrons. The Morgan fingerprint density at radius 2 is 1.65 bits per heavy atom.